The lowest BCUT2D eigenvalue weighted by Gasteiger charge is -2.30. The maximum atomic E-state index is 12.6. The Kier molecular flexibility index (Phi) is 5.49. The predicted molar refractivity (Wildman–Crippen MR) is 110 cm³/mol. The van der Waals surface area contributed by atoms with E-state index in [-0.39, 0.29) is 11.9 Å². The number of amides is 1. The molecule has 0 saturated heterocycles. The van der Waals surface area contributed by atoms with Crippen molar-refractivity contribution in [1.29, 1.82) is 0 Å². The Bertz CT molecular complexity index is 851. The van der Waals surface area contributed by atoms with Crippen molar-refractivity contribution in [3.05, 3.63) is 40.7 Å². The average molecular weight is 382 g/mol. The smallest absolute Gasteiger partial charge is 0.273 e. The minimum absolute atomic E-state index is 0.127. The number of nitrogens with one attached hydrogen (secondary N) is 1. The summed E-state index contributed by atoms with van der Waals surface area (Å²) in [4.78, 5) is 15.2. The van der Waals surface area contributed by atoms with E-state index in [1.807, 2.05) is 11.6 Å². The third kappa shape index (κ3) is 3.83. The van der Waals surface area contributed by atoms with Crippen molar-refractivity contribution in [1.82, 2.24) is 25.2 Å². The molecule has 0 radical (unpaired) electrons. The molecule has 0 spiro atoms. The van der Waals surface area contributed by atoms with Crippen molar-refractivity contribution in [2.75, 3.05) is 13.1 Å². The van der Waals surface area contributed by atoms with Crippen LogP contribution in [0.2, 0.25) is 0 Å². The summed E-state index contributed by atoms with van der Waals surface area (Å²) in [6.45, 7) is 9.43. The molecule has 1 N–H and O–H groups in total. The fourth-order valence-corrected chi connectivity index (χ4v) is 4.18. The lowest BCUT2D eigenvalue weighted by molar-refractivity contribution is 0.0929. The van der Waals surface area contributed by atoms with E-state index in [2.05, 4.69) is 52.6 Å². The number of carbonyl (C=O) groups is 1. The van der Waals surface area contributed by atoms with Crippen LogP contribution in [-0.4, -0.2) is 44.9 Å². The van der Waals surface area contributed by atoms with E-state index in [4.69, 9.17) is 0 Å². The summed E-state index contributed by atoms with van der Waals surface area (Å²) in [6, 6.07) is 6.60. The largest absolute Gasteiger partial charge is 0.348 e. The van der Waals surface area contributed by atoms with Crippen LogP contribution in [-0.2, 0) is 13.0 Å². The van der Waals surface area contributed by atoms with Gasteiger partial charge in [-0.25, -0.2) is 4.68 Å². The van der Waals surface area contributed by atoms with E-state index < -0.39 is 0 Å². The van der Waals surface area contributed by atoms with Crippen molar-refractivity contribution in [3.63, 3.8) is 0 Å². The van der Waals surface area contributed by atoms with Gasteiger partial charge in [-0.3, -0.25) is 9.69 Å². The van der Waals surface area contributed by atoms with Gasteiger partial charge < -0.3 is 5.32 Å². The van der Waals surface area contributed by atoms with E-state index in [1.165, 1.54) is 30.5 Å². The number of carbonyl (C=O) groups excluding carboxylic acids is 1. The Balaban J connectivity index is 1.57. The second-order valence-electron chi connectivity index (χ2n) is 8.27. The molecule has 0 unspecified atom stereocenters. The number of hydrogen-bond acceptors (Lipinski definition) is 4. The molecule has 1 saturated carbocycles. The molecule has 6 heteroatoms. The first-order valence-corrected chi connectivity index (χ1v) is 10.7. The number of benzene rings is 1. The molecule has 1 amide bonds. The molecule has 4 rings (SSSR count). The van der Waals surface area contributed by atoms with E-state index >= 15 is 0 Å². The van der Waals surface area contributed by atoms with Crippen molar-refractivity contribution in [3.8, 4) is 5.69 Å². The molecule has 1 aromatic heterocycles. The van der Waals surface area contributed by atoms with Gasteiger partial charge in [0.2, 0.25) is 0 Å². The molecular weight excluding hydrogens is 350 g/mol. The zero-order valence-electron chi connectivity index (χ0n) is 17.2. The molecule has 1 fully saturated rings. The van der Waals surface area contributed by atoms with Crippen LogP contribution in [0.1, 0.15) is 66.8 Å². The summed E-state index contributed by atoms with van der Waals surface area (Å²) in [6.07, 6.45) is 5.64. The summed E-state index contributed by atoms with van der Waals surface area (Å²) >= 11 is 0. The summed E-state index contributed by atoms with van der Waals surface area (Å²) in [5.74, 6) is 0.788. The molecule has 28 heavy (non-hydrogen) atoms. The number of fused-ring (bicyclic) bond motifs is 1. The Morgan fingerprint density at radius 3 is 2.79 bits per heavy atom. The molecule has 0 bridgehead atoms. The van der Waals surface area contributed by atoms with E-state index in [9.17, 15) is 4.79 Å². The molecular formula is C22H31N5O. The van der Waals surface area contributed by atoms with Crippen LogP contribution in [0.3, 0.4) is 0 Å². The highest BCUT2D eigenvalue weighted by Crippen LogP contribution is 2.32. The second kappa shape index (κ2) is 8.03. The van der Waals surface area contributed by atoms with Gasteiger partial charge in [-0.2, -0.15) is 0 Å². The Morgan fingerprint density at radius 1 is 1.29 bits per heavy atom. The molecule has 1 aliphatic carbocycles. The maximum Gasteiger partial charge on any atom is 0.273 e. The SMILES string of the molecule is CCC(CC)NC(=O)c1nnn(-c2cccc3c2CCN(CC2CC2)C3)c1C. The third-order valence-corrected chi connectivity index (χ3v) is 6.19. The topological polar surface area (TPSA) is 63.1 Å². The minimum Gasteiger partial charge on any atom is -0.348 e. The van der Waals surface area contributed by atoms with Crippen molar-refractivity contribution in [2.24, 2.45) is 5.92 Å². The summed E-state index contributed by atoms with van der Waals surface area (Å²) < 4.78 is 1.84. The summed E-state index contributed by atoms with van der Waals surface area (Å²) in [5, 5.41) is 11.6. The van der Waals surface area contributed by atoms with Gasteiger partial charge in [0.25, 0.3) is 5.91 Å². The molecule has 2 heterocycles. The molecule has 2 aromatic rings. The van der Waals surface area contributed by atoms with Gasteiger partial charge in [0.15, 0.2) is 5.69 Å². The molecule has 1 aliphatic heterocycles. The first kappa shape index (κ1) is 19.1. The molecule has 2 aliphatic rings. The number of nitrogens with zero attached hydrogens (tertiary/aromatic N) is 4. The number of hydrogen-bond donors (Lipinski definition) is 1. The summed E-state index contributed by atoms with van der Waals surface area (Å²) in [7, 11) is 0. The van der Waals surface area contributed by atoms with Gasteiger partial charge in [0, 0.05) is 25.7 Å². The summed E-state index contributed by atoms with van der Waals surface area (Å²) in [5.41, 5.74) is 5.01. The van der Waals surface area contributed by atoms with E-state index in [1.54, 1.807) is 0 Å². The molecule has 0 atom stereocenters. The van der Waals surface area contributed by atoms with Crippen molar-refractivity contribution < 1.29 is 4.79 Å². The van der Waals surface area contributed by atoms with Crippen LogP contribution < -0.4 is 5.32 Å². The minimum atomic E-state index is -0.127. The monoisotopic (exact) mass is 381 g/mol. The molecule has 6 nitrogen and oxygen atoms in total. The van der Waals surface area contributed by atoms with Crippen molar-refractivity contribution in [2.45, 2.75) is 65.5 Å². The predicted octanol–water partition coefficient (Wildman–Crippen LogP) is 3.26. The third-order valence-electron chi connectivity index (χ3n) is 6.19. The fourth-order valence-electron chi connectivity index (χ4n) is 4.18. The lowest BCUT2D eigenvalue weighted by Crippen LogP contribution is -2.34. The second-order valence-corrected chi connectivity index (χ2v) is 8.27. The van der Waals surface area contributed by atoms with Crippen LogP contribution in [0.25, 0.3) is 5.69 Å². The first-order valence-electron chi connectivity index (χ1n) is 10.7. The highest BCUT2D eigenvalue weighted by Gasteiger charge is 2.28. The van der Waals surface area contributed by atoms with Gasteiger partial charge in [0.1, 0.15) is 0 Å². The number of aromatic nitrogens is 3. The lowest BCUT2D eigenvalue weighted by atomic mass is 9.97. The highest BCUT2D eigenvalue weighted by molar-refractivity contribution is 5.93. The first-order chi connectivity index (χ1) is 13.6. The van der Waals surface area contributed by atoms with E-state index in [0.717, 1.165) is 49.7 Å². The fraction of sp³-hybridized carbons (Fsp3) is 0.591. The van der Waals surface area contributed by atoms with Gasteiger partial charge in [-0.1, -0.05) is 31.2 Å². The van der Waals surface area contributed by atoms with Gasteiger partial charge >= 0.3 is 0 Å². The van der Waals surface area contributed by atoms with Crippen LogP contribution in [0.4, 0.5) is 0 Å². The van der Waals surface area contributed by atoms with Gasteiger partial charge in [-0.05, 0) is 62.1 Å². The average Bonchev–Trinajstić information content (AvgIpc) is 3.44. The van der Waals surface area contributed by atoms with Crippen LogP contribution in [0, 0.1) is 12.8 Å². The van der Waals surface area contributed by atoms with Crippen molar-refractivity contribution >= 4 is 5.91 Å². The maximum absolute atomic E-state index is 12.6. The van der Waals surface area contributed by atoms with Gasteiger partial charge in [-0.15, -0.1) is 5.10 Å². The zero-order chi connectivity index (χ0) is 19.7. The number of rotatable bonds is 7. The van der Waals surface area contributed by atoms with Crippen LogP contribution in [0.15, 0.2) is 18.2 Å². The van der Waals surface area contributed by atoms with Gasteiger partial charge in [0.05, 0.1) is 11.4 Å². The molecule has 1 aromatic carbocycles. The molecule has 150 valence electrons. The van der Waals surface area contributed by atoms with E-state index in [0.29, 0.717) is 5.69 Å². The van der Waals surface area contributed by atoms with Crippen LogP contribution in [0.5, 0.6) is 0 Å². The van der Waals surface area contributed by atoms with Crippen LogP contribution >= 0.6 is 0 Å². The Morgan fingerprint density at radius 2 is 2.07 bits per heavy atom. The zero-order valence-corrected chi connectivity index (χ0v) is 17.2. The standard InChI is InChI=1S/C22H31N5O/c1-4-18(5-2)23-22(28)21-15(3)27(25-24-21)20-8-6-7-17-14-26(12-11-19(17)20)13-16-9-10-16/h6-8,16,18H,4-5,9-14H2,1-3H3,(H,23,28). The Labute approximate surface area is 167 Å². The quantitative estimate of drug-likeness (QED) is 0.800. The highest BCUT2D eigenvalue weighted by atomic mass is 16.2. The normalized spacial score (nSPS) is 17.0. The Hall–Kier alpha value is -2.21.